The number of benzene rings is 1. The van der Waals surface area contributed by atoms with Gasteiger partial charge in [0.15, 0.2) is 0 Å². The number of rotatable bonds is 2. The molecule has 17 heavy (non-hydrogen) atoms. The number of nitrogens with zero attached hydrogens (tertiary/aromatic N) is 1. The molecule has 1 rings (SSSR count). The molecular weight excluding hydrogens is 208 g/mol. The Morgan fingerprint density at radius 3 is 2.00 bits per heavy atom. The fourth-order valence-corrected chi connectivity index (χ4v) is 1.01. The van der Waals surface area contributed by atoms with Gasteiger partial charge in [-0.2, -0.15) is 5.26 Å². The van der Waals surface area contributed by atoms with Gasteiger partial charge >= 0.3 is 0 Å². The van der Waals surface area contributed by atoms with Crippen molar-refractivity contribution in [3.63, 3.8) is 0 Å². The van der Waals surface area contributed by atoms with E-state index in [4.69, 9.17) is 5.26 Å². The SMILES string of the molecule is CC.CCCC.CNc1ccc(C#N)cc1C. The Labute approximate surface area is 107 Å². The first-order valence-corrected chi connectivity index (χ1v) is 6.38. The maximum absolute atomic E-state index is 8.56. The van der Waals surface area contributed by atoms with Gasteiger partial charge in [-0.05, 0) is 30.7 Å². The second-order valence-electron chi connectivity index (χ2n) is 3.39. The molecular formula is C15H26N2. The van der Waals surface area contributed by atoms with Crippen LogP contribution >= 0.6 is 0 Å². The molecule has 0 bridgehead atoms. The van der Waals surface area contributed by atoms with Gasteiger partial charge in [-0.3, -0.25) is 0 Å². The van der Waals surface area contributed by atoms with Crippen molar-refractivity contribution in [2.24, 2.45) is 0 Å². The molecule has 0 aromatic heterocycles. The van der Waals surface area contributed by atoms with E-state index in [1.165, 1.54) is 12.8 Å². The molecule has 0 radical (unpaired) electrons. The van der Waals surface area contributed by atoms with Crippen LogP contribution in [0.5, 0.6) is 0 Å². The standard InChI is InChI=1S/C9H10N2.C4H10.C2H6/c1-7-5-8(6-10)3-4-9(7)11-2;1-3-4-2;1-2/h3-5,11H,1-2H3;3-4H2,1-2H3;1-2H3. The third-order valence-electron chi connectivity index (χ3n) is 2.12. The maximum Gasteiger partial charge on any atom is 0.0991 e. The predicted octanol–water partition coefficient (Wildman–Crippen LogP) is 4.74. The van der Waals surface area contributed by atoms with Crippen LogP contribution in [0.3, 0.4) is 0 Å². The zero-order chi connectivity index (χ0) is 13.7. The largest absolute Gasteiger partial charge is 0.388 e. The minimum absolute atomic E-state index is 0.710. The van der Waals surface area contributed by atoms with Gasteiger partial charge < -0.3 is 5.32 Å². The molecule has 0 aliphatic heterocycles. The topological polar surface area (TPSA) is 35.8 Å². The van der Waals surface area contributed by atoms with Crippen molar-refractivity contribution in [3.8, 4) is 6.07 Å². The third-order valence-corrected chi connectivity index (χ3v) is 2.12. The Hall–Kier alpha value is -1.49. The van der Waals surface area contributed by atoms with E-state index < -0.39 is 0 Å². The van der Waals surface area contributed by atoms with E-state index in [0.717, 1.165) is 11.3 Å². The van der Waals surface area contributed by atoms with Gasteiger partial charge in [0.05, 0.1) is 11.6 Å². The zero-order valence-corrected chi connectivity index (χ0v) is 12.1. The smallest absolute Gasteiger partial charge is 0.0991 e. The number of hydrogen-bond acceptors (Lipinski definition) is 2. The molecule has 2 nitrogen and oxygen atoms in total. The molecule has 0 unspecified atom stereocenters. The van der Waals surface area contributed by atoms with E-state index in [1.807, 2.05) is 40.0 Å². The van der Waals surface area contributed by atoms with Gasteiger partial charge in [0.2, 0.25) is 0 Å². The second-order valence-corrected chi connectivity index (χ2v) is 3.39. The second kappa shape index (κ2) is 12.6. The van der Waals surface area contributed by atoms with E-state index in [2.05, 4.69) is 25.2 Å². The first-order chi connectivity index (χ1) is 8.19. The van der Waals surface area contributed by atoms with Crippen LogP contribution in [0.25, 0.3) is 0 Å². The minimum atomic E-state index is 0.710. The maximum atomic E-state index is 8.56. The van der Waals surface area contributed by atoms with Crippen LogP contribution < -0.4 is 5.32 Å². The molecule has 1 aromatic carbocycles. The summed E-state index contributed by atoms with van der Waals surface area (Å²) < 4.78 is 0. The lowest BCUT2D eigenvalue weighted by molar-refractivity contribution is 0.886. The first kappa shape index (κ1) is 17.9. The van der Waals surface area contributed by atoms with E-state index in [1.54, 1.807) is 6.07 Å². The van der Waals surface area contributed by atoms with Gasteiger partial charge in [-0.15, -0.1) is 0 Å². The van der Waals surface area contributed by atoms with Crippen molar-refractivity contribution < 1.29 is 0 Å². The van der Waals surface area contributed by atoms with Gasteiger partial charge in [0.1, 0.15) is 0 Å². The van der Waals surface area contributed by atoms with Crippen LogP contribution in [0.1, 0.15) is 51.7 Å². The summed E-state index contributed by atoms with van der Waals surface area (Å²) in [6.07, 6.45) is 2.64. The molecule has 2 heteroatoms. The van der Waals surface area contributed by atoms with E-state index in [9.17, 15) is 0 Å². The predicted molar refractivity (Wildman–Crippen MR) is 77.4 cm³/mol. The minimum Gasteiger partial charge on any atom is -0.388 e. The van der Waals surface area contributed by atoms with Crippen LogP contribution in [0, 0.1) is 18.3 Å². The Balaban J connectivity index is 0. The van der Waals surface area contributed by atoms with Gasteiger partial charge in [-0.25, -0.2) is 0 Å². The summed E-state index contributed by atoms with van der Waals surface area (Å²) >= 11 is 0. The Bertz CT molecular complexity index is 322. The lowest BCUT2D eigenvalue weighted by Crippen LogP contribution is -1.91. The fraction of sp³-hybridized carbons (Fsp3) is 0.533. The van der Waals surface area contributed by atoms with Crippen LogP contribution in [0.2, 0.25) is 0 Å². The van der Waals surface area contributed by atoms with Gasteiger partial charge in [0, 0.05) is 12.7 Å². The monoisotopic (exact) mass is 234 g/mol. The molecule has 1 N–H and O–H groups in total. The molecule has 0 aliphatic carbocycles. The van der Waals surface area contributed by atoms with Crippen molar-refractivity contribution in [1.29, 1.82) is 5.26 Å². The highest BCUT2D eigenvalue weighted by molar-refractivity contribution is 5.53. The molecule has 0 atom stereocenters. The van der Waals surface area contributed by atoms with E-state index in [0.29, 0.717) is 5.56 Å². The van der Waals surface area contributed by atoms with Gasteiger partial charge in [-0.1, -0.05) is 40.5 Å². The summed E-state index contributed by atoms with van der Waals surface area (Å²) in [5, 5.41) is 11.6. The number of unbranched alkanes of at least 4 members (excludes halogenated alkanes) is 1. The van der Waals surface area contributed by atoms with Crippen LogP contribution in [0.15, 0.2) is 18.2 Å². The van der Waals surface area contributed by atoms with Crippen LogP contribution in [0.4, 0.5) is 5.69 Å². The van der Waals surface area contributed by atoms with Crippen molar-refractivity contribution >= 4 is 5.69 Å². The summed E-state index contributed by atoms with van der Waals surface area (Å²) in [5.41, 5.74) is 2.89. The summed E-state index contributed by atoms with van der Waals surface area (Å²) in [5.74, 6) is 0. The third kappa shape index (κ3) is 8.33. The lowest BCUT2D eigenvalue weighted by Gasteiger charge is -2.03. The summed E-state index contributed by atoms with van der Waals surface area (Å²) in [4.78, 5) is 0. The highest BCUT2D eigenvalue weighted by Gasteiger charge is 1.95. The number of nitriles is 1. The molecule has 0 heterocycles. The molecule has 0 spiro atoms. The lowest BCUT2D eigenvalue weighted by atomic mass is 10.1. The highest BCUT2D eigenvalue weighted by atomic mass is 14.8. The summed E-state index contributed by atoms with van der Waals surface area (Å²) in [6.45, 7) is 10.3. The molecule has 0 saturated carbocycles. The van der Waals surface area contributed by atoms with E-state index >= 15 is 0 Å². The average Bonchev–Trinajstić information content (AvgIpc) is 2.41. The Kier molecular flexibility index (Phi) is 13.2. The number of aryl methyl sites for hydroxylation is 1. The van der Waals surface area contributed by atoms with Crippen molar-refractivity contribution in [1.82, 2.24) is 0 Å². The van der Waals surface area contributed by atoms with Crippen molar-refractivity contribution in [3.05, 3.63) is 29.3 Å². The molecule has 1 aromatic rings. The Morgan fingerprint density at radius 2 is 1.71 bits per heavy atom. The summed E-state index contributed by atoms with van der Waals surface area (Å²) in [6, 6.07) is 7.67. The Morgan fingerprint density at radius 1 is 1.18 bits per heavy atom. The van der Waals surface area contributed by atoms with E-state index in [-0.39, 0.29) is 0 Å². The first-order valence-electron chi connectivity index (χ1n) is 6.38. The zero-order valence-electron chi connectivity index (χ0n) is 12.1. The van der Waals surface area contributed by atoms with Gasteiger partial charge in [0.25, 0.3) is 0 Å². The molecule has 0 fully saturated rings. The van der Waals surface area contributed by atoms with Crippen LogP contribution in [-0.4, -0.2) is 7.05 Å². The van der Waals surface area contributed by atoms with Crippen molar-refractivity contribution in [2.75, 3.05) is 12.4 Å². The molecule has 0 amide bonds. The average molecular weight is 234 g/mol. The number of hydrogen-bond donors (Lipinski definition) is 1. The normalized spacial score (nSPS) is 7.82. The molecule has 0 saturated heterocycles. The number of anilines is 1. The molecule has 96 valence electrons. The fourth-order valence-electron chi connectivity index (χ4n) is 1.01. The quantitative estimate of drug-likeness (QED) is 0.802. The molecule has 0 aliphatic rings. The number of nitrogens with one attached hydrogen (secondary N) is 1. The van der Waals surface area contributed by atoms with Crippen molar-refractivity contribution in [2.45, 2.75) is 47.5 Å². The highest BCUT2D eigenvalue weighted by Crippen LogP contribution is 2.14. The summed E-state index contributed by atoms with van der Waals surface area (Å²) in [7, 11) is 1.87. The van der Waals surface area contributed by atoms with Crippen LogP contribution in [-0.2, 0) is 0 Å².